The molecule has 16 heteroatoms. The number of hydrogen-bond acceptors (Lipinski definition) is 15. The molecule has 4 aliphatic rings. The van der Waals surface area contributed by atoms with Gasteiger partial charge in [-0.1, -0.05) is 56.0 Å². The maximum Gasteiger partial charge on any atom is 0.408 e. The van der Waals surface area contributed by atoms with E-state index in [-0.39, 0.29) is 35.3 Å². The molecule has 2 aromatic rings. The maximum atomic E-state index is 15.0. The van der Waals surface area contributed by atoms with Crippen molar-refractivity contribution in [2.45, 2.75) is 128 Å². The molecule has 1 heterocycles. The normalized spacial score (nSPS) is 32.0. The van der Waals surface area contributed by atoms with Crippen molar-refractivity contribution in [1.29, 1.82) is 0 Å². The first kappa shape index (κ1) is 46.4. The summed E-state index contributed by atoms with van der Waals surface area (Å²) in [7, 11) is 0. The van der Waals surface area contributed by atoms with Crippen LogP contribution in [0.15, 0.2) is 65.7 Å². The van der Waals surface area contributed by atoms with Crippen molar-refractivity contribution in [3.05, 3.63) is 82.4 Å². The molecular weight excluding hydrogens is 806 g/mol. The number of amides is 1. The standard InChI is InChI=1S/C46H55NO15/c1-24-29(59-40(55)35(52)33(47-41(56)62-42(3,4)5)28-18-12-14-26(20-28)15-13-19-48)22-46(57)38(60-39(54)27-16-10-9-11-17-27)36-44(8,37(53)34(51)32(24)43(46,6)7)30(50)21-31-45(36,23-58-31)61-25(2)49/h9-12,14,16-18,20,29-31,33-36,38,48,50-52,57H,19,21-23H2,1-8H3,(H,47,56)/t29-,30-,31+,33-,34+,35+,36-,38-,44+,45-,46+/m0/s1. The fraction of sp³-hybridized carbons (Fsp3) is 0.543. The Bertz CT molecular complexity index is 2200. The van der Waals surface area contributed by atoms with E-state index in [0.29, 0.717) is 5.56 Å². The third-order valence-electron chi connectivity index (χ3n) is 13.0. The summed E-state index contributed by atoms with van der Waals surface area (Å²) in [4.78, 5) is 69.5. The molecular formula is C46H55NO15. The van der Waals surface area contributed by atoms with Crippen molar-refractivity contribution in [2.24, 2.45) is 16.7 Å². The first-order valence-corrected chi connectivity index (χ1v) is 20.4. The number of ketones is 1. The molecule has 16 nitrogen and oxygen atoms in total. The van der Waals surface area contributed by atoms with Crippen molar-refractivity contribution in [3.63, 3.8) is 0 Å². The van der Waals surface area contributed by atoms with Gasteiger partial charge in [0.25, 0.3) is 0 Å². The molecule has 2 aromatic carbocycles. The van der Waals surface area contributed by atoms with Gasteiger partial charge in [-0.3, -0.25) is 9.59 Å². The van der Waals surface area contributed by atoms with Gasteiger partial charge in [-0.05, 0) is 75.6 Å². The highest BCUT2D eigenvalue weighted by Gasteiger charge is 2.78. The van der Waals surface area contributed by atoms with Crippen LogP contribution >= 0.6 is 0 Å². The van der Waals surface area contributed by atoms with Crippen LogP contribution in [-0.2, 0) is 38.1 Å². The van der Waals surface area contributed by atoms with Crippen molar-refractivity contribution in [1.82, 2.24) is 5.32 Å². The second-order valence-electron chi connectivity index (χ2n) is 18.2. The highest BCUT2D eigenvalue weighted by molar-refractivity contribution is 5.94. The van der Waals surface area contributed by atoms with Crippen LogP contribution in [0.1, 0.15) is 95.8 Å². The first-order chi connectivity index (χ1) is 28.9. The van der Waals surface area contributed by atoms with Crippen LogP contribution in [0.4, 0.5) is 4.79 Å². The van der Waals surface area contributed by atoms with E-state index < -0.39 is 119 Å². The second-order valence-corrected chi connectivity index (χ2v) is 18.2. The topological polar surface area (TPSA) is 245 Å². The lowest BCUT2D eigenvalue weighted by Crippen LogP contribution is -2.81. The SMILES string of the molecule is CC(=O)O[C@@]12CO[C@@H]1C[C@H](O)[C@@]1(C)C(=O)[C@H](O)C3=C(C)[C@@H](OC(=O)[C@H](O)[C@@H](NC(=O)OC(C)(C)C)c4cccc(C#CCO)c4)C[C@@](O)([C@@H](OC(=O)c4ccccc4)[C@H]21)C3(C)C. The lowest BCUT2D eigenvalue weighted by Gasteiger charge is -2.67. The molecule has 62 heavy (non-hydrogen) atoms. The van der Waals surface area contributed by atoms with Gasteiger partial charge in [0.1, 0.15) is 42.2 Å². The lowest BCUT2D eigenvalue weighted by molar-refractivity contribution is -0.346. The minimum absolute atomic E-state index is 0.0622. The highest BCUT2D eigenvalue weighted by atomic mass is 16.6. The minimum Gasteiger partial charge on any atom is -0.456 e. The highest BCUT2D eigenvalue weighted by Crippen LogP contribution is 2.64. The second kappa shape index (κ2) is 16.9. The summed E-state index contributed by atoms with van der Waals surface area (Å²) in [5.74, 6) is -0.263. The summed E-state index contributed by atoms with van der Waals surface area (Å²) >= 11 is 0. The summed E-state index contributed by atoms with van der Waals surface area (Å²) in [6.45, 7) is 11.2. The predicted molar refractivity (Wildman–Crippen MR) is 218 cm³/mol. The summed E-state index contributed by atoms with van der Waals surface area (Å²) in [6.07, 6.45) is -11.9. The molecule has 0 unspecified atom stereocenters. The Morgan fingerprint density at radius 1 is 1.02 bits per heavy atom. The fourth-order valence-electron chi connectivity index (χ4n) is 9.85. The van der Waals surface area contributed by atoms with Crippen molar-refractivity contribution in [3.8, 4) is 11.8 Å². The zero-order valence-corrected chi connectivity index (χ0v) is 36.0. The zero-order valence-electron chi connectivity index (χ0n) is 36.0. The quantitative estimate of drug-likeness (QED) is 0.0967. The monoisotopic (exact) mass is 861 g/mol. The van der Waals surface area contributed by atoms with Crippen LogP contribution in [0, 0.1) is 28.6 Å². The number of esters is 3. The number of aliphatic hydroxyl groups excluding tert-OH is 4. The van der Waals surface area contributed by atoms with Crippen molar-refractivity contribution in [2.75, 3.05) is 13.2 Å². The molecule has 1 amide bonds. The van der Waals surface area contributed by atoms with Crippen molar-refractivity contribution >= 4 is 29.8 Å². The molecule has 0 spiro atoms. The van der Waals surface area contributed by atoms with Gasteiger partial charge in [-0.15, -0.1) is 0 Å². The van der Waals surface area contributed by atoms with Gasteiger partial charge in [0, 0.05) is 30.7 Å². The zero-order chi connectivity index (χ0) is 45.7. The number of carbonyl (C=O) groups is 5. The Hall–Kier alpha value is -5.15. The summed E-state index contributed by atoms with van der Waals surface area (Å²) < 4.78 is 29.6. The summed E-state index contributed by atoms with van der Waals surface area (Å²) in [6, 6.07) is 12.5. The van der Waals surface area contributed by atoms with Crippen molar-refractivity contribution < 1.29 is 73.2 Å². The average molecular weight is 862 g/mol. The van der Waals surface area contributed by atoms with Crippen LogP contribution < -0.4 is 5.32 Å². The first-order valence-electron chi connectivity index (χ1n) is 20.4. The largest absolute Gasteiger partial charge is 0.456 e. The van der Waals surface area contributed by atoms with Gasteiger partial charge in [-0.2, -0.15) is 0 Å². The van der Waals surface area contributed by atoms with E-state index >= 15 is 4.79 Å². The van der Waals surface area contributed by atoms with E-state index in [1.807, 2.05) is 0 Å². The summed E-state index contributed by atoms with van der Waals surface area (Å²) in [5.41, 5.74) is -8.16. The number of benzene rings is 2. The molecule has 6 N–H and O–H groups in total. The average Bonchev–Trinajstić information content (AvgIpc) is 3.19. The Balaban J connectivity index is 1.49. The van der Waals surface area contributed by atoms with Gasteiger partial charge < -0.3 is 54.5 Å². The Kier molecular flexibility index (Phi) is 12.6. The molecule has 1 aliphatic heterocycles. The van der Waals surface area contributed by atoms with Crippen LogP contribution in [0.3, 0.4) is 0 Å². The number of aliphatic hydroxyl groups is 5. The Morgan fingerprint density at radius 2 is 1.69 bits per heavy atom. The molecule has 334 valence electrons. The van der Waals surface area contributed by atoms with Gasteiger partial charge in [0.05, 0.1) is 35.6 Å². The number of ether oxygens (including phenoxy) is 5. The number of rotatable bonds is 8. The lowest BCUT2D eigenvalue weighted by atomic mass is 9.44. The molecule has 6 rings (SSSR count). The number of fused-ring (bicyclic) bond motifs is 5. The molecule has 1 saturated heterocycles. The van der Waals surface area contributed by atoms with E-state index in [0.717, 1.165) is 6.92 Å². The molecule has 0 aromatic heterocycles. The number of carbonyl (C=O) groups excluding carboxylic acids is 5. The van der Waals surface area contributed by atoms with Crippen LogP contribution in [0.2, 0.25) is 0 Å². The molecule has 3 aliphatic carbocycles. The molecule has 3 fully saturated rings. The number of hydrogen-bond donors (Lipinski definition) is 6. The van der Waals surface area contributed by atoms with E-state index in [4.69, 9.17) is 23.7 Å². The third-order valence-corrected chi connectivity index (χ3v) is 13.0. The summed E-state index contributed by atoms with van der Waals surface area (Å²) in [5, 5.41) is 61.2. The molecule has 0 radical (unpaired) electrons. The number of nitrogens with one attached hydrogen (secondary N) is 1. The van der Waals surface area contributed by atoms with E-state index in [2.05, 4.69) is 17.2 Å². The van der Waals surface area contributed by atoms with Crippen LogP contribution in [0.5, 0.6) is 0 Å². The van der Waals surface area contributed by atoms with E-state index in [1.165, 1.54) is 52.0 Å². The van der Waals surface area contributed by atoms with Gasteiger partial charge in [0.15, 0.2) is 17.5 Å². The maximum absolute atomic E-state index is 15.0. The number of Topliss-reactive ketones (excluding diaryl/α,β-unsaturated/α-hetero) is 1. The van der Waals surface area contributed by atoms with E-state index in [1.54, 1.807) is 51.1 Å². The van der Waals surface area contributed by atoms with Gasteiger partial charge in [-0.25, -0.2) is 14.4 Å². The smallest absolute Gasteiger partial charge is 0.408 e. The van der Waals surface area contributed by atoms with Crippen LogP contribution in [0.25, 0.3) is 0 Å². The fourth-order valence-corrected chi connectivity index (χ4v) is 9.85. The Morgan fingerprint density at radius 3 is 2.29 bits per heavy atom. The minimum atomic E-state index is -2.39. The molecule has 2 saturated carbocycles. The van der Waals surface area contributed by atoms with E-state index in [9.17, 15) is 44.7 Å². The van der Waals surface area contributed by atoms with Gasteiger partial charge in [0.2, 0.25) is 0 Å². The third kappa shape index (κ3) is 8.02. The van der Waals surface area contributed by atoms with Gasteiger partial charge >= 0.3 is 24.0 Å². The predicted octanol–water partition coefficient (Wildman–Crippen LogP) is 2.60. The molecule has 2 bridgehead atoms. The number of alkyl carbamates (subject to hydrolysis) is 1. The Labute approximate surface area is 359 Å². The molecule has 11 atom stereocenters. The van der Waals surface area contributed by atoms with Crippen LogP contribution in [-0.4, -0.2) is 122 Å².